The van der Waals surface area contributed by atoms with Gasteiger partial charge in [0.15, 0.2) is 5.69 Å². The molecular formula is C14H10N2O. The van der Waals surface area contributed by atoms with Gasteiger partial charge in [0.2, 0.25) is 0 Å². The molecule has 0 aliphatic carbocycles. The first-order valence-corrected chi connectivity index (χ1v) is 5.13. The highest BCUT2D eigenvalue weighted by molar-refractivity contribution is 6.04. The zero-order valence-electron chi connectivity index (χ0n) is 9.05. The highest BCUT2D eigenvalue weighted by Gasteiger charge is 2.04. The molecule has 0 aliphatic rings. The number of rotatable bonds is 2. The summed E-state index contributed by atoms with van der Waals surface area (Å²) in [6.07, 6.45) is 0. The molecule has 0 saturated heterocycles. The number of anilines is 1. The topological polar surface area (TPSA) is 33.5 Å². The third-order valence-corrected chi connectivity index (χ3v) is 2.29. The van der Waals surface area contributed by atoms with Gasteiger partial charge >= 0.3 is 0 Å². The average Bonchev–Trinajstić information content (AvgIpc) is 2.40. The number of amides is 1. The van der Waals surface area contributed by atoms with Crippen LogP contribution in [0.4, 0.5) is 11.4 Å². The number of nitrogens with one attached hydrogen (secondary N) is 1. The Bertz CT molecular complexity index is 553. The molecule has 2 aromatic rings. The van der Waals surface area contributed by atoms with Gasteiger partial charge in [0.1, 0.15) is 0 Å². The van der Waals surface area contributed by atoms with Gasteiger partial charge in [0.05, 0.1) is 6.57 Å². The van der Waals surface area contributed by atoms with E-state index in [1.165, 1.54) is 0 Å². The van der Waals surface area contributed by atoms with E-state index in [2.05, 4.69) is 10.2 Å². The summed E-state index contributed by atoms with van der Waals surface area (Å²) < 4.78 is 0. The lowest BCUT2D eigenvalue weighted by molar-refractivity contribution is 0.102. The van der Waals surface area contributed by atoms with Crippen LogP contribution in [0.25, 0.3) is 4.85 Å². The lowest BCUT2D eigenvalue weighted by atomic mass is 10.2. The van der Waals surface area contributed by atoms with Gasteiger partial charge in [0, 0.05) is 11.3 Å². The van der Waals surface area contributed by atoms with Crippen LogP contribution >= 0.6 is 0 Å². The van der Waals surface area contributed by atoms with Gasteiger partial charge in [-0.25, -0.2) is 4.85 Å². The van der Waals surface area contributed by atoms with E-state index < -0.39 is 0 Å². The largest absolute Gasteiger partial charge is 0.322 e. The molecule has 17 heavy (non-hydrogen) atoms. The fourth-order valence-electron chi connectivity index (χ4n) is 1.41. The van der Waals surface area contributed by atoms with Crippen LogP contribution in [-0.4, -0.2) is 5.91 Å². The molecule has 0 unspecified atom stereocenters. The number of nitrogens with zero attached hydrogens (tertiary/aromatic N) is 1. The second-order valence-corrected chi connectivity index (χ2v) is 3.48. The Hall–Kier alpha value is -2.60. The maximum absolute atomic E-state index is 11.8. The minimum Gasteiger partial charge on any atom is -0.322 e. The van der Waals surface area contributed by atoms with Gasteiger partial charge in [-0.2, -0.15) is 0 Å². The summed E-state index contributed by atoms with van der Waals surface area (Å²) in [5.74, 6) is -0.152. The first-order chi connectivity index (χ1) is 8.29. The van der Waals surface area contributed by atoms with Crippen molar-refractivity contribution in [2.45, 2.75) is 0 Å². The zero-order chi connectivity index (χ0) is 12.1. The summed E-state index contributed by atoms with van der Waals surface area (Å²) in [7, 11) is 0. The number of benzene rings is 2. The van der Waals surface area contributed by atoms with Gasteiger partial charge in [0.25, 0.3) is 5.91 Å². The van der Waals surface area contributed by atoms with Gasteiger partial charge in [-0.3, -0.25) is 4.79 Å². The Labute approximate surface area is 99.5 Å². The molecular weight excluding hydrogens is 212 g/mol. The van der Waals surface area contributed by atoms with Crippen molar-refractivity contribution < 1.29 is 4.79 Å². The van der Waals surface area contributed by atoms with Gasteiger partial charge in [-0.05, 0) is 24.3 Å². The highest BCUT2D eigenvalue weighted by Crippen LogP contribution is 2.16. The minimum atomic E-state index is -0.152. The summed E-state index contributed by atoms with van der Waals surface area (Å²) in [5.41, 5.74) is 1.86. The Morgan fingerprint density at radius 3 is 2.24 bits per heavy atom. The Balaban J connectivity index is 2.11. The van der Waals surface area contributed by atoms with Crippen LogP contribution in [0.1, 0.15) is 10.4 Å². The predicted molar refractivity (Wildman–Crippen MR) is 67.1 cm³/mol. The first-order valence-electron chi connectivity index (χ1n) is 5.13. The molecule has 3 nitrogen and oxygen atoms in total. The maximum Gasteiger partial charge on any atom is 0.255 e. The molecule has 1 N–H and O–H groups in total. The smallest absolute Gasteiger partial charge is 0.255 e. The highest BCUT2D eigenvalue weighted by atomic mass is 16.1. The van der Waals surface area contributed by atoms with Crippen LogP contribution in [0.2, 0.25) is 0 Å². The zero-order valence-corrected chi connectivity index (χ0v) is 9.05. The van der Waals surface area contributed by atoms with Crippen molar-refractivity contribution in [2.75, 3.05) is 5.32 Å². The SMILES string of the molecule is [C-]#[N+]c1ccc(NC(=O)c2ccccc2)cc1. The van der Waals surface area contributed by atoms with E-state index in [0.29, 0.717) is 16.9 Å². The molecule has 3 heteroatoms. The number of carbonyl (C=O) groups excluding carboxylic acids is 1. The van der Waals surface area contributed by atoms with Gasteiger partial charge < -0.3 is 5.32 Å². The summed E-state index contributed by atoms with van der Waals surface area (Å²) in [4.78, 5) is 15.1. The third-order valence-electron chi connectivity index (χ3n) is 2.29. The fourth-order valence-corrected chi connectivity index (χ4v) is 1.41. The van der Waals surface area contributed by atoms with Crippen LogP contribution in [0.15, 0.2) is 54.6 Å². The molecule has 0 atom stereocenters. The third kappa shape index (κ3) is 2.70. The van der Waals surface area contributed by atoms with Gasteiger partial charge in [-0.1, -0.05) is 30.3 Å². The molecule has 2 rings (SSSR count). The van der Waals surface area contributed by atoms with Crippen LogP contribution in [0.3, 0.4) is 0 Å². The van der Waals surface area contributed by atoms with E-state index >= 15 is 0 Å². The molecule has 0 spiro atoms. The molecule has 0 saturated carbocycles. The second-order valence-electron chi connectivity index (χ2n) is 3.48. The second kappa shape index (κ2) is 4.95. The van der Waals surface area contributed by atoms with E-state index in [-0.39, 0.29) is 5.91 Å². The molecule has 0 heterocycles. The summed E-state index contributed by atoms with van der Waals surface area (Å²) in [6, 6.07) is 15.8. The van der Waals surface area contributed by atoms with Crippen molar-refractivity contribution in [3.63, 3.8) is 0 Å². The number of hydrogen-bond donors (Lipinski definition) is 1. The van der Waals surface area contributed by atoms with E-state index in [9.17, 15) is 4.79 Å². The van der Waals surface area contributed by atoms with E-state index in [4.69, 9.17) is 6.57 Å². The van der Waals surface area contributed by atoms with Crippen LogP contribution in [0, 0.1) is 6.57 Å². The molecule has 2 aromatic carbocycles. The number of hydrogen-bond acceptors (Lipinski definition) is 1. The molecule has 0 fully saturated rings. The Morgan fingerprint density at radius 2 is 1.65 bits per heavy atom. The first kappa shape index (κ1) is 10.9. The molecule has 0 bridgehead atoms. The van der Waals surface area contributed by atoms with E-state index in [1.54, 1.807) is 36.4 Å². The molecule has 1 amide bonds. The normalized spacial score (nSPS) is 9.35. The molecule has 0 radical (unpaired) electrons. The fraction of sp³-hybridized carbons (Fsp3) is 0. The quantitative estimate of drug-likeness (QED) is 0.775. The summed E-state index contributed by atoms with van der Waals surface area (Å²) in [5, 5.41) is 2.77. The lowest BCUT2D eigenvalue weighted by Crippen LogP contribution is -2.11. The Morgan fingerprint density at radius 1 is 1.00 bits per heavy atom. The van der Waals surface area contributed by atoms with Crippen molar-refractivity contribution in [2.24, 2.45) is 0 Å². The minimum absolute atomic E-state index is 0.152. The van der Waals surface area contributed by atoms with E-state index in [0.717, 1.165) is 0 Å². The Kier molecular flexibility index (Phi) is 3.18. The van der Waals surface area contributed by atoms with Crippen LogP contribution in [-0.2, 0) is 0 Å². The maximum atomic E-state index is 11.8. The van der Waals surface area contributed by atoms with E-state index in [1.807, 2.05) is 18.2 Å². The van der Waals surface area contributed by atoms with Crippen LogP contribution < -0.4 is 5.32 Å². The van der Waals surface area contributed by atoms with Crippen molar-refractivity contribution in [1.82, 2.24) is 0 Å². The summed E-state index contributed by atoms with van der Waals surface area (Å²) in [6.45, 7) is 6.83. The molecule has 0 aliphatic heterocycles. The summed E-state index contributed by atoms with van der Waals surface area (Å²) >= 11 is 0. The molecule has 82 valence electrons. The lowest BCUT2D eigenvalue weighted by Gasteiger charge is -2.04. The van der Waals surface area contributed by atoms with Gasteiger partial charge in [-0.15, -0.1) is 0 Å². The van der Waals surface area contributed by atoms with Crippen LogP contribution in [0.5, 0.6) is 0 Å². The van der Waals surface area contributed by atoms with Crippen molar-refractivity contribution in [3.05, 3.63) is 71.6 Å². The standard InChI is InChI=1S/C14H10N2O/c1-15-12-7-9-13(10-8-12)16-14(17)11-5-3-2-4-6-11/h2-10H,(H,16,17). The van der Waals surface area contributed by atoms with Crippen molar-refractivity contribution in [3.8, 4) is 0 Å². The van der Waals surface area contributed by atoms with Crippen molar-refractivity contribution in [1.29, 1.82) is 0 Å². The average molecular weight is 222 g/mol. The molecule has 0 aromatic heterocycles. The monoisotopic (exact) mass is 222 g/mol. The number of carbonyl (C=O) groups is 1. The predicted octanol–water partition coefficient (Wildman–Crippen LogP) is 3.49. The van der Waals surface area contributed by atoms with Crippen molar-refractivity contribution >= 4 is 17.3 Å².